The van der Waals surface area contributed by atoms with Crippen LogP contribution in [0.15, 0.2) is 48.5 Å². The number of hydrogen-bond donors (Lipinski definition) is 3. The van der Waals surface area contributed by atoms with Crippen molar-refractivity contribution in [2.45, 2.75) is 76.5 Å². The molecule has 3 amide bonds. The summed E-state index contributed by atoms with van der Waals surface area (Å²) in [5, 5.41) is 15.1. The summed E-state index contributed by atoms with van der Waals surface area (Å²) in [5.74, 6) is 0.0233. The predicted octanol–water partition coefficient (Wildman–Crippen LogP) is 5.01. The Bertz CT molecular complexity index is 1060. The minimum absolute atomic E-state index is 0.0321. The van der Waals surface area contributed by atoms with Crippen molar-refractivity contribution >= 4 is 23.6 Å². The number of hydrogen-bond acceptors (Lipinski definition) is 4. The van der Waals surface area contributed by atoms with Crippen LogP contribution in [0, 0.1) is 0 Å². The highest BCUT2D eigenvalue weighted by molar-refractivity contribution is 5.94. The topological polar surface area (TPSA) is 108 Å². The van der Waals surface area contributed by atoms with Crippen LogP contribution in [0.3, 0.4) is 0 Å². The molecule has 0 unspecified atom stereocenters. The number of carbonyl (C=O) groups excluding carboxylic acids is 2. The van der Waals surface area contributed by atoms with Crippen molar-refractivity contribution < 1.29 is 24.2 Å². The molecular formula is C28H35N3O5. The third-order valence-corrected chi connectivity index (χ3v) is 7.07. The molecule has 0 bridgehead atoms. The van der Waals surface area contributed by atoms with Crippen LogP contribution in [-0.2, 0) is 4.79 Å². The van der Waals surface area contributed by atoms with E-state index in [1.807, 2.05) is 24.3 Å². The van der Waals surface area contributed by atoms with Gasteiger partial charge in [-0.1, -0.05) is 26.0 Å². The van der Waals surface area contributed by atoms with Gasteiger partial charge < -0.3 is 25.4 Å². The van der Waals surface area contributed by atoms with Gasteiger partial charge in [0.1, 0.15) is 11.8 Å². The van der Waals surface area contributed by atoms with Crippen molar-refractivity contribution in [3.8, 4) is 5.75 Å². The fourth-order valence-corrected chi connectivity index (χ4v) is 4.92. The number of carboxylic acids is 1. The first kappa shape index (κ1) is 25.5. The van der Waals surface area contributed by atoms with Gasteiger partial charge in [-0.2, -0.15) is 0 Å². The third-order valence-electron chi connectivity index (χ3n) is 7.07. The molecule has 1 heterocycles. The van der Waals surface area contributed by atoms with Crippen molar-refractivity contribution in [3.63, 3.8) is 0 Å². The number of likely N-dealkylation sites (tertiary alicyclic amines) is 1. The summed E-state index contributed by atoms with van der Waals surface area (Å²) >= 11 is 0. The summed E-state index contributed by atoms with van der Waals surface area (Å²) in [5.41, 5.74) is 2.17. The number of carbonyl (C=O) groups is 3. The number of carboxylic acid groups (broad SMARTS) is 1. The summed E-state index contributed by atoms with van der Waals surface area (Å²) in [4.78, 5) is 38.6. The van der Waals surface area contributed by atoms with Crippen molar-refractivity contribution in [2.75, 3.05) is 11.9 Å². The van der Waals surface area contributed by atoms with E-state index in [-0.39, 0.29) is 29.6 Å². The first-order valence-corrected chi connectivity index (χ1v) is 12.8. The predicted molar refractivity (Wildman–Crippen MR) is 137 cm³/mol. The molecule has 1 atom stereocenters. The molecule has 1 saturated carbocycles. The van der Waals surface area contributed by atoms with Gasteiger partial charge in [0.25, 0.3) is 0 Å². The molecule has 8 nitrogen and oxygen atoms in total. The van der Waals surface area contributed by atoms with Crippen LogP contribution >= 0.6 is 0 Å². The Balaban J connectivity index is 1.24. The molecule has 8 heteroatoms. The van der Waals surface area contributed by atoms with Crippen molar-refractivity contribution in [3.05, 3.63) is 59.7 Å². The molecule has 1 aliphatic carbocycles. The first-order valence-electron chi connectivity index (χ1n) is 12.8. The molecule has 2 aromatic carbocycles. The maximum absolute atomic E-state index is 13.0. The second-order valence-electron chi connectivity index (χ2n) is 9.99. The molecule has 2 aliphatic rings. The van der Waals surface area contributed by atoms with Crippen LogP contribution in [0.25, 0.3) is 0 Å². The van der Waals surface area contributed by atoms with Crippen molar-refractivity contribution in [2.24, 2.45) is 0 Å². The van der Waals surface area contributed by atoms with Gasteiger partial charge in [0.15, 0.2) is 0 Å². The molecule has 36 heavy (non-hydrogen) atoms. The van der Waals surface area contributed by atoms with Crippen LogP contribution in [0.1, 0.15) is 74.2 Å². The zero-order chi connectivity index (χ0) is 25.7. The lowest BCUT2D eigenvalue weighted by Gasteiger charge is -2.31. The zero-order valence-corrected chi connectivity index (χ0v) is 20.9. The van der Waals surface area contributed by atoms with Gasteiger partial charge in [-0.3, -0.25) is 4.79 Å². The monoisotopic (exact) mass is 493 g/mol. The lowest BCUT2D eigenvalue weighted by atomic mass is 9.92. The van der Waals surface area contributed by atoms with E-state index < -0.39 is 12.0 Å². The number of aromatic carboxylic acids is 1. The van der Waals surface area contributed by atoms with Crippen LogP contribution < -0.4 is 15.4 Å². The quantitative estimate of drug-likeness (QED) is 0.502. The maximum atomic E-state index is 13.0. The van der Waals surface area contributed by atoms with Gasteiger partial charge in [-0.05, 0) is 86.4 Å². The molecule has 2 fully saturated rings. The standard InChI is InChI=1S/C28H35N3O5/c1-18(2)19-5-9-22(10-6-19)30-28(35)31-17-3-4-25(31)26(32)29-21-11-15-24(16-12-21)36-23-13-7-20(8-14-23)27(33)34/h5-10,13-14,18,21,24-25H,3-4,11-12,15-17H2,1-2H3,(H,29,32)(H,30,35)(H,33,34)/t21?,24?,25-/m1/s1. The number of amides is 3. The Morgan fingerprint density at radius 3 is 2.22 bits per heavy atom. The van der Waals surface area contributed by atoms with E-state index >= 15 is 0 Å². The number of anilines is 1. The smallest absolute Gasteiger partial charge is 0.335 e. The second kappa shape index (κ2) is 11.5. The molecule has 0 radical (unpaired) electrons. The molecule has 2 aromatic rings. The summed E-state index contributed by atoms with van der Waals surface area (Å²) in [7, 11) is 0. The van der Waals surface area contributed by atoms with E-state index in [1.54, 1.807) is 17.0 Å². The fourth-order valence-electron chi connectivity index (χ4n) is 4.92. The number of benzene rings is 2. The van der Waals surface area contributed by atoms with E-state index in [1.165, 1.54) is 17.7 Å². The summed E-state index contributed by atoms with van der Waals surface area (Å²) < 4.78 is 6.00. The lowest BCUT2D eigenvalue weighted by molar-refractivity contribution is -0.125. The SMILES string of the molecule is CC(C)c1ccc(NC(=O)N2CCC[C@@H]2C(=O)NC2CCC(Oc3ccc(C(=O)O)cc3)CC2)cc1. The summed E-state index contributed by atoms with van der Waals surface area (Å²) in [6, 6.07) is 13.6. The molecule has 192 valence electrons. The van der Waals surface area contributed by atoms with Gasteiger partial charge in [-0.25, -0.2) is 9.59 Å². The zero-order valence-electron chi connectivity index (χ0n) is 20.9. The molecule has 0 aromatic heterocycles. The van der Waals surface area contributed by atoms with Crippen LogP contribution in [0.4, 0.5) is 10.5 Å². The molecule has 3 N–H and O–H groups in total. The average molecular weight is 494 g/mol. The minimum atomic E-state index is -0.962. The Kier molecular flexibility index (Phi) is 8.13. The molecule has 0 spiro atoms. The van der Waals surface area contributed by atoms with E-state index in [4.69, 9.17) is 9.84 Å². The lowest BCUT2D eigenvalue weighted by Crippen LogP contribution is -2.50. The van der Waals surface area contributed by atoms with E-state index in [0.717, 1.165) is 37.8 Å². The van der Waals surface area contributed by atoms with Gasteiger partial charge in [0.2, 0.25) is 5.91 Å². The Morgan fingerprint density at radius 2 is 1.61 bits per heavy atom. The van der Waals surface area contributed by atoms with E-state index in [2.05, 4.69) is 24.5 Å². The Morgan fingerprint density at radius 1 is 0.944 bits per heavy atom. The minimum Gasteiger partial charge on any atom is -0.490 e. The molecular weight excluding hydrogens is 458 g/mol. The molecule has 1 aliphatic heterocycles. The molecule has 4 rings (SSSR count). The van der Waals surface area contributed by atoms with Crippen LogP contribution in [-0.4, -0.2) is 52.6 Å². The van der Waals surface area contributed by atoms with E-state index in [0.29, 0.717) is 24.6 Å². The highest BCUT2D eigenvalue weighted by atomic mass is 16.5. The summed E-state index contributed by atoms with van der Waals surface area (Å²) in [6.07, 6.45) is 4.69. The highest BCUT2D eigenvalue weighted by Gasteiger charge is 2.35. The van der Waals surface area contributed by atoms with Gasteiger partial charge in [-0.15, -0.1) is 0 Å². The van der Waals surface area contributed by atoms with Crippen molar-refractivity contribution in [1.29, 1.82) is 0 Å². The maximum Gasteiger partial charge on any atom is 0.335 e. The molecule has 1 saturated heterocycles. The van der Waals surface area contributed by atoms with Gasteiger partial charge in [0, 0.05) is 18.3 Å². The van der Waals surface area contributed by atoms with Gasteiger partial charge >= 0.3 is 12.0 Å². The van der Waals surface area contributed by atoms with Crippen molar-refractivity contribution in [1.82, 2.24) is 10.2 Å². The largest absolute Gasteiger partial charge is 0.490 e. The normalized spacial score (nSPS) is 21.8. The number of ether oxygens (including phenoxy) is 1. The third kappa shape index (κ3) is 6.36. The highest BCUT2D eigenvalue weighted by Crippen LogP contribution is 2.26. The average Bonchev–Trinajstić information content (AvgIpc) is 3.36. The summed E-state index contributed by atoms with van der Waals surface area (Å²) in [6.45, 7) is 4.82. The Labute approximate surface area is 212 Å². The van der Waals surface area contributed by atoms with Crippen LogP contribution in [0.2, 0.25) is 0 Å². The second-order valence-corrected chi connectivity index (χ2v) is 9.99. The number of nitrogens with one attached hydrogen (secondary N) is 2. The number of urea groups is 1. The van der Waals surface area contributed by atoms with Gasteiger partial charge in [0.05, 0.1) is 11.7 Å². The van der Waals surface area contributed by atoms with E-state index in [9.17, 15) is 14.4 Å². The number of nitrogens with zero attached hydrogens (tertiary/aromatic N) is 1. The van der Waals surface area contributed by atoms with Crippen LogP contribution in [0.5, 0.6) is 5.75 Å². The fraction of sp³-hybridized carbons (Fsp3) is 0.464. The number of rotatable bonds is 7. The first-order chi connectivity index (χ1) is 17.3. The Hall–Kier alpha value is -3.55.